The second-order valence-electron chi connectivity index (χ2n) is 3.19. The highest BCUT2D eigenvalue weighted by Gasteiger charge is 2.28. The predicted octanol–water partition coefficient (Wildman–Crippen LogP) is 1.19. The molecular weight excluding hydrogens is 239 g/mol. The molecule has 0 aromatic carbocycles. The fourth-order valence-electron chi connectivity index (χ4n) is 1.11. The summed E-state index contributed by atoms with van der Waals surface area (Å²) in [6.07, 6.45) is -3.30. The molecule has 0 bridgehead atoms. The molecule has 1 aromatic heterocycles. The first-order valence-electron chi connectivity index (χ1n) is 4.91. The third kappa shape index (κ3) is 3.74. The summed E-state index contributed by atoms with van der Waals surface area (Å²) in [5.74, 6) is -1.76. The Balaban J connectivity index is 2.62. The molecule has 0 spiro atoms. The number of nitrogens with zero attached hydrogens (tertiary/aromatic N) is 2. The molecule has 1 heterocycles. The van der Waals surface area contributed by atoms with Gasteiger partial charge in [-0.2, -0.15) is 19.8 Å². The van der Waals surface area contributed by atoms with Crippen molar-refractivity contribution in [1.29, 1.82) is 0 Å². The normalized spacial score (nSPS) is 16.3. The molecule has 5 nitrogen and oxygen atoms in total. The van der Waals surface area contributed by atoms with Crippen LogP contribution in [-0.2, 0) is 11.2 Å². The molecule has 1 rings (SSSR count). The summed E-state index contributed by atoms with van der Waals surface area (Å²) >= 11 is 0. The molecule has 17 heavy (non-hydrogen) atoms. The van der Waals surface area contributed by atoms with Crippen LogP contribution < -0.4 is 0 Å². The minimum Gasteiger partial charge on any atom is -0.469 e. The van der Waals surface area contributed by atoms with E-state index >= 15 is 0 Å². The van der Waals surface area contributed by atoms with Gasteiger partial charge >= 0.3 is 6.01 Å². The van der Waals surface area contributed by atoms with Gasteiger partial charge in [-0.25, -0.2) is 8.78 Å². The second kappa shape index (κ2) is 6.24. The van der Waals surface area contributed by atoms with Gasteiger partial charge in [0.25, 0.3) is 0 Å². The zero-order valence-corrected chi connectivity index (χ0v) is 9.03. The van der Waals surface area contributed by atoms with E-state index < -0.39 is 24.1 Å². The second-order valence-corrected chi connectivity index (χ2v) is 3.19. The lowest BCUT2D eigenvalue weighted by Crippen LogP contribution is -2.26. The first-order chi connectivity index (χ1) is 8.06. The van der Waals surface area contributed by atoms with E-state index in [2.05, 4.69) is 20.1 Å². The van der Waals surface area contributed by atoms with Crippen molar-refractivity contribution in [3.8, 4) is 0 Å². The first-order valence-corrected chi connectivity index (χ1v) is 4.91. The molecule has 0 aliphatic carbocycles. The maximum Gasteiger partial charge on any atom is 0.308 e. The van der Waals surface area contributed by atoms with Crippen molar-refractivity contribution in [2.45, 2.75) is 25.6 Å². The number of ether oxygens (including phenoxy) is 1. The van der Waals surface area contributed by atoms with Gasteiger partial charge in [0.2, 0.25) is 5.83 Å². The van der Waals surface area contributed by atoms with Crippen LogP contribution in [0, 0.1) is 0 Å². The summed E-state index contributed by atoms with van der Waals surface area (Å²) in [5.41, 5.74) is 0.241. The lowest BCUT2D eigenvalue weighted by atomic mass is 10.1. The molecule has 0 saturated heterocycles. The molecule has 0 fully saturated rings. The number of hydrogen-bond donors (Lipinski definition) is 2. The zero-order chi connectivity index (χ0) is 12.8. The fraction of sp³-hybridized carbons (Fsp3) is 0.556. The van der Waals surface area contributed by atoms with Crippen LogP contribution in [0.25, 0.3) is 0 Å². The molecule has 0 aliphatic rings. The summed E-state index contributed by atoms with van der Waals surface area (Å²) in [6.45, 7) is 1.29. The molecule has 2 atom stereocenters. The third-order valence-corrected chi connectivity index (χ3v) is 1.92. The van der Waals surface area contributed by atoms with Crippen LogP contribution in [0.15, 0.2) is 18.0 Å². The Bertz CT molecular complexity index is 370. The monoisotopic (exact) mass is 251 g/mol. The van der Waals surface area contributed by atoms with Crippen LogP contribution in [0.3, 0.4) is 0 Å². The van der Waals surface area contributed by atoms with E-state index in [4.69, 9.17) is 0 Å². The standard InChI is InChI=1S/C9H12F3N3O2/c1-2-17-9(12)8(11)7(10)6(16)3-5-4-13-15-14-5/h4,6-7,16H,2-3H2,1H3,(H,13,14,15). The SMILES string of the molecule is CCOC(F)=C(F)C(F)C(O)Cc1cn[nH]n1. The van der Waals surface area contributed by atoms with Gasteiger partial charge in [0.05, 0.1) is 24.6 Å². The highest BCUT2D eigenvalue weighted by atomic mass is 19.2. The number of halogens is 3. The van der Waals surface area contributed by atoms with E-state index in [0.717, 1.165) is 0 Å². The highest BCUT2D eigenvalue weighted by Crippen LogP contribution is 2.20. The molecule has 0 saturated carbocycles. The predicted molar refractivity (Wildman–Crippen MR) is 51.9 cm³/mol. The number of alkyl halides is 1. The summed E-state index contributed by atoms with van der Waals surface area (Å²) < 4.78 is 43.3. The lowest BCUT2D eigenvalue weighted by Gasteiger charge is -2.13. The van der Waals surface area contributed by atoms with Gasteiger partial charge in [0.15, 0.2) is 6.17 Å². The Morgan fingerprint density at radius 3 is 2.82 bits per heavy atom. The van der Waals surface area contributed by atoms with E-state index in [1.165, 1.54) is 13.1 Å². The van der Waals surface area contributed by atoms with Gasteiger partial charge < -0.3 is 9.84 Å². The van der Waals surface area contributed by atoms with E-state index in [9.17, 15) is 18.3 Å². The lowest BCUT2D eigenvalue weighted by molar-refractivity contribution is 0.0668. The van der Waals surface area contributed by atoms with Crippen molar-refractivity contribution in [3.63, 3.8) is 0 Å². The Labute approximate surface area is 95.3 Å². The van der Waals surface area contributed by atoms with Gasteiger partial charge in [0, 0.05) is 6.42 Å². The summed E-state index contributed by atoms with van der Waals surface area (Å²) in [6, 6.07) is -1.65. The summed E-state index contributed by atoms with van der Waals surface area (Å²) in [4.78, 5) is 0. The number of H-pyrrole nitrogens is 1. The minimum absolute atomic E-state index is 0.134. The Kier molecular flexibility index (Phi) is 4.95. The summed E-state index contributed by atoms with van der Waals surface area (Å²) in [7, 11) is 0. The van der Waals surface area contributed by atoms with Gasteiger partial charge in [-0.1, -0.05) is 0 Å². The maximum atomic E-state index is 13.3. The van der Waals surface area contributed by atoms with Crippen LogP contribution in [-0.4, -0.2) is 39.4 Å². The average Bonchev–Trinajstić information content (AvgIpc) is 2.80. The van der Waals surface area contributed by atoms with Crippen molar-refractivity contribution in [1.82, 2.24) is 15.4 Å². The quantitative estimate of drug-likeness (QED) is 0.745. The van der Waals surface area contributed by atoms with Gasteiger partial charge in [-0.15, -0.1) is 0 Å². The van der Waals surface area contributed by atoms with Gasteiger partial charge in [-0.05, 0) is 6.92 Å². The Hall–Kier alpha value is -1.57. The molecule has 2 N–H and O–H groups in total. The van der Waals surface area contributed by atoms with E-state index in [-0.39, 0.29) is 18.7 Å². The largest absolute Gasteiger partial charge is 0.469 e. The van der Waals surface area contributed by atoms with Crippen molar-refractivity contribution in [2.75, 3.05) is 6.61 Å². The van der Waals surface area contributed by atoms with E-state index in [1.807, 2.05) is 0 Å². The Morgan fingerprint density at radius 1 is 1.59 bits per heavy atom. The molecule has 0 amide bonds. The molecule has 0 radical (unpaired) electrons. The van der Waals surface area contributed by atoms with Crippen LogP contribution in [0.4, 0.5) is 13.2 Å². The van der Waals surface area contributed by atoms with Crippen LogP contribution in [0.2, 0.25) is 0 Å². The topological polar surface area (TPSA) is 71.0 Å². The molecule has 8 heteroatoms. The third-order valence-electron chi connectivity index (χ3n) is 1.92. The molecular formula is C9H12F3N3O2. The van der Waals surface area contributed by atoms with Gasteiger partial charge in [0.1, 0.15) is 0 Å². The molecule has 2 unspecified atom stereocenters. The number of aromatic nitrogens is 3. The van der Waals surface area contributed by atoms with E-state index in [1.54, 1.807) is 0 Å². The smallest absolute Gasteiger partial charge is 0.308 e. The number of hydrogen-bond acceptors (Lipinski definition) is 4. The molecule has 1 aromatic rings. The van der Waals surface area contributed by atoms with Crippen molar-refractivity contribution >= 4 is 0 Å². The van der Waals surface area contributed by atoms with Crippen molar-refractivity contribution in [2.24, 2.45) is 0 Å². The average molecular weight is 251 g/mol. The van der Waals surface area contributed by atoms with E-state index in [0.29, 0.717) is 0 Å². The zero-order valence-electron chi connectivity index (χ0n) is 9.03. The number of aliphatic hydroxyl groups is 1. The summed E-state index contributed by atoms with van der Waals surface area (Å²) in [5, 5.41) is 18.6. The molecule has 0 aliphatic heterocycles. The highest BCUT2D eigenvalue weighted by molar-refractivity contribution is 5.05. The number of aromatic amines is 1. The van der Waals surface area contributed by atoms with Crippen molar-refractivity contribution < 1.29 is 23.0 Å². The maximum absolute atomic E-state index is 13.3. The number of aliphatic hydroxyl groups excluding tert-OH is 1. The fourth-order valence-corrected chi connectivity index (χ4v) is 1.11. The Morgan fingerprint density at radius 2 is 2.29 bits per heavy atom. The minimum atomic E-state index is -2.50. The van der Waals surface area contributed by atoms with Gasteiger partial charge in [-0.3, -0.25) is 0 Å². The van der Waals surface area contributed by atoms with Crippen LogP contribution >= 0.6 is 0 Å². The molecule has 96 valence electrons. The first kappa shape index (κ1) is 13.5. The van der Waals surface area contributed by atoms with Crippen LogP contribution in [0.5, 0.6) is 0 Å². The van der Waals surface area contributed by atoms with Crippen molar-refractivity contribution in [3.05, 3.63) is 23.7 Å². The number of nitrogens with one attached hydrogen (secondary N) is 1. The number of rotatable bonds is 6. The van der Waals surface area contributed by atoms with Crippen LogP contribution in [0.1, 0.15) is 12.6 Å².